The molecule has 2 atom stereocenters. The number of Topliss-reactive ketones (excluding diaryl/α,β-unsaturated/α-hetero) is 1. The van der Waals surface area contributed by atoms with Crippen LogP contribution in [0.1, 0.15) is 5.56 Å². The first-order valence-corrected chi connectivity index (χ1v) is 5.74. The van der Waals surface area contributed by atoms with Crippen molar-refractivity contribution in [3.63, 3.8) is 0 Å². The van der Waals surface area contributed by atoms with E-state index in [4.69, 9.17) is 18.9 Å². The molecule has 3 aliphatic heterocycles. The molecular weight excluding hydrogens is 236 g/mol. The Morgan fingerprint density at radius 2 is 2.06 bits per heavy atom. The lowest BCUT2D eigenvalue weighted by Gasteiger charge is -2.17. The minimum absolute atomic E-state index is 0.131. The second-order valence-corrected chi connectivity index (χ2v) is 4.35. The van der Waals surface area contributed by atoms with E-state index in [2.05, 4.69) is 0 Å². The number of hydrogen-bond acceptors (Lipinski definition) is 5. The maximum atomic E-state index is 12.1. The first kappa shape index (κ1) is 10.1. The van der Waals surface area contributed by atoms with Gasteiger partial charge >= 0.3 is 0 Å². The van der Waals surface area contributed by atoms with E-state index >= 15 is 0 Å². The largest absolute Gasteiger partial charge is 0.454 e. The van der Waals surface area contributed by atoms with Crippen molar-refractivity contribution in [3.05, 3.63) is 29.8 Å². The molecule has 5 nitrogen and oxygen atoms in total. The third-order valence-corrected chi connectivity index (χ3v) is 3.23. The zero-order chi connectivity index (χ0) is 12.1. The molecule has 0 spiro atoms. The van der Waals surface area contributed by atoms with Crippen LogP contribution in [0.2, 0.25) is 0 Å². The molecule has 0 saturated carbocycles. The fourth-order valence-corrected chi connectivity index (χ4v) is 2.34. The third-order valence-electron chi connectivity index (χ3n) is 3.23. The summed E-state index contributed by atoms with van der Waals surface area (Å²) in [5.74, 6) is 1.24. The van der Waals surface area contributed by atoms with Gasteiger partial charge in [0.2, 0.25) is 18.9 Å². The lowest BCUT2D eigenvalue weighted by Crippen LogP contribution is -2.27. The topological polar surface area (TPSA) is 54.0 Å². The second kappa shape index (κ2) is 3.57. The van der Waals surface area contributed by atoms with Gasteiger partial charge in [-0.25, -0.2) is 0 Å². The van der Waals surface area contributed by atoms with Crippen molar-refractivity contribution in [2.24, 2.45) is 0 Å². The highest BCUT2D eigenvalue weighted by atomic mass is 16.7. The maximum Gasteiger partial charge on any atom is 0.231 e. The molecule has 0 radical (unpaired) electrons. The molecule has 0 aromatic heterocycles. The van der Waals surface area contributed by atoms with Crippen molar-refractivity contribution in [2.45, 2.75) is 12.4 Å². The van der Waals surface area contributed by atoms with Gasteiger partial charge in [-0.2, -0.15) is 0 Å². The van der Waals surface area contributed by atoms with E-state index in [-0.39, 0.29) is 18.7 Å². The van der Waals surface area contributed by atoms with Crippen LogP contribution in [0, 0.1) is 0 Å². The van der Waals surface area contributed by atoms with Gasteiger partial charge in [0.25, 0.3) is 0 Å². The molecule has 1 saturated heterocycles. The molecule has 1 aromatic carbocycles. The fraction of sp³-hybridized carbons (Fsp3) is 0.308. The fourth-order valence-electron chi connectivity index (χ4n) is 2.34. The smallest absolute Gasteiger partial charge is 0.231 e. The first-order chi connectivity index (χ1) is 8.81. The normalized spacial score (nSPS) is 28.4. The van der Waals surface area contributed by atoms with Crippen LogP contribution >= 0.6 is 0 Å². The Morgan fingerprint density at radius 1 is 1.17 bits per heavy atom. The molecule has 0 unspecified atom stereocenters. The van der Waals surface area contributed by atoms with Gasteiger partial charge in [-0.1, -0.05) is 6.07 Å². The number of ether oxygens (including phenoxy) is 4. The van der Waals surface area contributed by atoms with Gasteiger partial charge in [-0.3, -0.25) is 4.79 Å². The number of fused-ring (bicyclic) bond motifs is 3. The number of hydrogen-bond donors (Lipinski definition) is 0. The summed E-state index contributed by atoms with van der Waals surface area (Å²) in [7, 11) is 0. The molecule has 3 aliphatic rings. The summed E-state index contributed by atoms with van der Waals surface area (Å²) in [6.07, 6.45) is 0.928. The molecule has 1 aromatic rings. The SMILES string of the molecule is O=C1C(c2ccc3c(c2)OCO3)=C[C@H]2CO[C@@H]1O2. The van der Waals surface area contributed by atoms with E-state index in [1.54, 1.807) is 0 Å². The summed E-state index contributed by atoms with van der Waals surface area (Å²) in [6.45, 7) is 0.660. The van der Waals surface area contributed by atoms with Gasteiger partial charge in [-0.15, -0.1) is 0 Å². The zero-order valence-electron chi connectivity index (χ0n) is 9.42. The number of carbonyl (C=O) groups is 1. The van der Waals surface area contributed by atoms with Gasteiger partial charge in [0.15, 0.2) is 11.5 Å². The van der Waals surface area contributed by atoms with Gasteiger partial charge in [-0.05, 0) is 23.8 Å². The molecule has 0 amide bonds. The van der Waals surface area contributed by atoms with Crippen molar-refractivity contribution >= 4 is 11.4 Å². The quantitative estimate of drug-likeness (QED) is 0.743. The average molecular weight is 246 g/mol. The van der Waals surface area contributed by atoms with Crippen LogP contribution in [0.3, 0.4) is 0 Å². The summed E-state index contributed by atoms with van der Waals surface area (Å²) in [6, 6.07) is 5.48. The number of ketones is 1. The van der Waals surface area contributed by atoms with Crippen LogP contribution in [0.4, 0.5) is 0 Å². The monoisotopic (exact) mass is 246 g/mol. The van der Waals surface area contributed by atoms with Gasteiger partial charge in [0, 0.05) is 5.57 Å². The lowest BCUT2D eigenvalue weighted by molar-refractivity contribution is -0.140. The Balaban J connectivity index is 1.77. The van der Waals surface area contributed by atoms with Crippen molar-refractivity contribution in [2.75, 3.05) is 13.4 Å². The Labute approximate surface area is 103 Å². The highest BCUT2D eigenvalue weighted by molar-refractivity contribution is 6.23. The van der Waals surface area contributed by atoms with E-state index in [1.807, 2.05) is 24.3 Å². The Bertz CT molecular complexity index is 563. The molecule has 1 fully saturated rings. The standard InChI is InChI=1S/C13H10O5/c14-12-9(4-8-5-15-13(12)18-8)7-1-2-10-11(3-7)17-6-16-10/h1-4,8,13H,5-6H2/t8-,13+/m0/s1. The van der Waals surface area contributed by atoms with Crippen LogP contribution in [0.5, 0.6) is 11.5 Å². The van der Waals surface area contributed by atoms with E-state index < -0.39 is 6.29 Å². The van der Waals surface area contributed by atoms with Crippen molar-refractivity contribution < 1.29 is 23.7 Å². The Kier molecular flexibility index (Phi) is 2.00. The predicted molar refractivity (Wildman–Crippen MR) is 60.2 cm³/mol. The lowest BCUT2D eigenvalue weighted by atomic mass is 9.98. The molecule has 18 heavy (non-hydrogen) atoms. The maximum absolute atomic E-state index is 12.1. The Hall–Kier alpha value is -1.85. The summed E-state index contributed by atoms with van der Waals surface area (Å²) in [5.41, 5.74) is 1.44. The van der Waals surface area contributed by atoms with Crippen LogP contribution in [0.25, 0.3) is 5.57 Å². The molecule has 4 rings (SSSR count). The second-order valence-electron chi connectivity index (χ2n) is 4.35. The highest BCUT2D eigenvalue weighted by Crippen LogP contribution is 2.37. The van der Waals surface area contributed by atoms with Crippen molar-refractivity contribution in [3.8, 4) is 11.5 Å². The van der Waals surface area contributed by atoms with Crippen LogP contribution in [0.15, 0.2) is 24.3 Å². The minimum atomic E-state index is -0.750. The van der Waals surface area contributed by atoms with Gasteiger partial charge < -0.3 is 18.9 Å². The van der Waals surface area contributed by atoms with Gasteiger partial charge in [0.1, 0.15) is 6.10 Å². The summed E-state index contributed by atoms with van der Waals surface area (Å²) >= 11 is 0. The van der Waals surface area contributed by atoms with E-state index in [0.717, 1.165) is 5.56 Å². The van der Waals surface area contributed by atoms with Crippen LogP contribution < -0.4 is 9.47 Å². The Morgan fingerprint density at radius 3 is 3.00 bits per heavy atom. The number of rotatable bonds is 1. The zero-order valence-corrected chi connectivity index (χ0v) is 9.42. The predicted octanol–water partition coefficient (Wildman–Crippen LogP) is 1.12. The van der Waals surface area contributed by atoms with E-state index in [9.17, 15) is 4.79 Å². The third kappa shape index (κ3) is 1.38. The molecule has 0 N–H and O–H groups in total. The highest BCUT2D eigenvalue weighted by Gasteiger charge is 2.38. The molecule has 92 valence electrons. The summed E-state index contributed by atoms with van der Waals surface area (Å²) < 4.78 is 21.2. The minimum Gasteiger partial charge on any atom is -0.454 e. The van der Waals surface area contributed by atoms with Crippen LogP contribution in [-0.4, -0.2) is 31.6 Å². The summed E-state index contributed by atoms with van der Waals surface area (Å²) in [5, 5.41) is 0. The molecule has 0 aliphatic carbocycles. The average Bonchev–Trinajstić information content (AvgIpc) is 3.00. The molecule has 5 heteroatoms. The van der Waals surface area contributed by atoms with E-state index in [1.165, 1.54) is 0 Å². The molecular formula is C13H10O5. The molecule has 2 bridgehead atoms. The van der Waals surface area contributed by atoms with E-state index in [0.29, 0.717) is 23.7 Å². The molecule has 3 heterocycles. The summed E-state index contributed by atoms with van der Waals surface area (Å²) in [4.78, 5) is 12.1. The van der Waals surface area contributed by atoms with Crippen LogP contribution in [-0.2, 0) is 14.3 Å². The number of benzene rings is 1. The number of carbonyl (C=O) groups excluding carboxylic acids is 1. The van der Waals surface area contributed by atoms with Crippen molar-refractivity contribution in [1.29, 1.82) is 0 Å². The van der Waals surface area contributed by atoms with Crippen molar-refractivity contribution in [1.82, 2.24) is 0 Å². The first-order valence-electron chi connectivity index (χ1n) is 5.74. The van der Waals surface area contributed by atoms with Gasteiger partial charge in [0.05, 0.1) is 6.61 Å².